The third-order valence-corrected chi connectivity index (χ3v) is 10.0. The Morgan fingerprint density at radius 3 is 2.38 bits per heavy atom. The van der Waals surface area contributed by atoms with Gasteiger partial charge in [-0.3, -0.25) is 0 Å². The monoisotopic (exact) mass is 523 g/mol. The van der Waals surface area contributed by atoms with E-state index in [-0.39, 0.29) is 10.8 Å². The fourth-order valence-electron chi connectivity index (χ4n) is 8.14. The predicted octanol–water partition coefficient (Wildman–Crippen LogP) is 8.86. The van der Waals surface area contributed by atoms with Crippen LogP contribution in [0, 0.1) is 0 Å². The number of fused-ring (bicyclic) bond motifs is 5. The summed E-state index contributed by atoms with van der Waals surface area (Å²) in [6, 6.07) is 33.5. The van der Waals surface area contributed by atoms with Gasteiger partial charge in [-0.25, -0.2) is 0 Å². The number of hydrogen-bond donors (Lipinski definition) is 0. The van der Waals surface area contributed by atoms with Crippen LogP contribution in [-0.4, -0.2) is 24.4 Å². The van der Waals surface area contributed by atoms with Gasteiger partial charge in [0, 0.05) is 41.6 Å². The Bertz CT molecular complexity index is 1680. The van der Waals surface area contributed by atoms with E-state index < -0.39 is 0 Å². The first kappa shape index (κ1) is 25.1. The lowest BCUT2D eigenvalue weighted by atomic mass is 9.66. The average molecular weight is 524 g/mol. The van der Waals surface area contributed by atoms with Gasteiger partial charge < -0.3 is 4.90 Å². The molecule has 2 aliphatic heterocycles. The first-order valence-electron chi connectivity index (χ1n) is 14.9. The van der Waals surface area contributed by atoms with Crippen LogP contribution in [0.15, 0.2) is 115 Å². The van der Waals surface area contributed by atoms with Crippen molar-refractivity contribution in [1.29, 1.82) is 0 Å². The molecule has 1 unspecified atom stereocenters. The summed E-state index contributed by atoms with van der Waals surface area (Å²) >= 11 is 0. The van der Waals surface area contributed by atoms with E-state index in [0.29, 0.717) is 0 Å². The molecule has 0 saturated heterocycles. The van der Waals surface area contributed by atoms with E-state index in [1.165, 1.54) is 76.8 Å². The number of nitrogens with zero attached hydrogens (tertiary/aromatic N) is 2. The van der Waals surface area contributed by atoms with Gasteiger partial charge in [0.05, 0.1) is 5.41 Å². The first-order chi connectivity index (χ1) is 19.5. The van der Waals surface area contributed by atoms with E-state index in [9.17, 15) is 0 Å². The molecule has 4 aromatic carbocycles. The van der Waals surface area contributed by atoms with Crippen molar-refractivity contribution in [2.24, 2.45) is 0 Å². The van der Waals surface area contributed by atoms with E-state index in [4.69, 9.17) is 0 Å². The van der Waals surface area contributed by atoms with E-state index in [1.54, 1.807) is 5.56 Å². The third kappa shape index (κ3) is 3.73. The highest BCUT2D eigenvalue weighted by Crippen LogP contribution is 2.52. The summed E-state index contributed by atoms with van der Waals surface area (Å²) in [5.74, 6) is 0. The molecule has 1 spiro atoms. The van der Waals surface area contributed by atoms with Gasteiger partial charge in [0.2, 0.25) is 5.69 Å². The minimum Gasteiger partial charge on any atom is -0.347 e. The van der Waals surface area contributed by atoms with Crippen molar-refractivity contribution >= 4 is 27.9 Å². The van der Waals surface area contributed by atoms with Gasteiger partial charge in [-0.2, -0.15) is 4.58 Å². The molecule has 1 atom stereocenters. The Kier molecular flexibility index (Phi) is 6.04. The van der Waals surface area contributed by atoms with Crippen LogP contribution in [0.3, 0.4) is 0 Å². The highest BCUT2D eigenvalue weighted by atomic mass is 15.2. The molecule has 1 fully saturated rings. The van der Waals surface area contributed by atoms with Crippen LogP contribution in [0.4, 0.5) is 11.4 Å². The Morgan fingerprint density at radius 2 is 1.55 bits per heavy atom. The average Bonchev–Trinajstić information content (AvgIpc) is 3.34. The summed E-state index contributed by atoms with van der Waals surface area (Å²) in [4.78, 5) is 2.41. The first-order valence-corrected chi connectivity index (χ1v) is 14.9. The van der Waals surface area contributed by atoms with E-state index >= 15 is 0 Å². The van der Waals surface area contributed by atoms with Crippen LogP contribution in [0.1, 0.15) is 55.7 Å². The highest BCUT2D eigenvalue weighted by molar-refractivity contribution is 6.08. The lowest BCUT2D eigenvalue weighted by Crippen LogP contribution is -2.36. The van der Waals surface area contributed by atoms with Crippen molar-refractivity contribution < 1.29 is 4.58 Å². The van der Waals surface area contributed by atoms with Crippen LogP contribution >= 0.6 is 0 Å². The summed E-state index contributed by atoms with van der Waals surface area (Å²) in [6.45, 7) is 2.42. The lowest BCUT2D eigenvalue weighted by Gasteiger charge is -2.32. The second-order valence-electron chi connectivity index (χ2n) is 12.2. The third-order valence-electron chi connectivity index (χ3n) is 10.0. The van der Waals surface area contributed by atoms with Gasteiger partial charge in [-0.05, 0) is 66.3 Å². The van der Waals surface area contributed by atoms with Crippen molar-refractivity contribution in [1.82, 2.24) is 0 Å². The standard InChI is InChI=1S/C38H39N2/c1-37(27-28-15-6-4-7-16-28)31-19-10-11-20-32(31)39(2)34(37)21-14-22-35-38(25-12-5-13-26-38)36-30-18-9-8-17-29(30)23-24-33(36)40(35)3/h4,6-11,14-24H,5,12-13,25-27H2,1-3H3/q+1. The zero-order chi connectivity index (χ0) is 27.3. The van der Waals surface area contributed by atoms with Gasteiger partial charge in [0.25, 0.3) is 0 Å². The van der Waals surface area contributed by atoms with Gasteiger partial charge in [-0.15, -0.1) is 0 Å². The molecule has 2 heterocycles. The van der Waals surface area contributed by atoms with Crippen molar-refractivity contribution in [2.45, 2.75) is 56.3 Å². The van der Waals surface area contributed by atoms with Crippen LogP contribution in [0.25, 0.3) is 10.8 Å². The molecule has 3 aliphatic rings. The molecule has 2 heteroatoms. The normalized spacial score (nSPS) is 22.6. The Labute approximate surface area is 239 Å². The van der Waals surface area contributed by atoms with Crippen LogP contribution < -0.4 is 4.90 Å². The van der Waals surface area contributed by atoms with Gasteiger partial charge in [0.15, 0.2) is 5.71 Å². The van der Waals surface area contributed by atoms with Crippen molar-refractivity contribution in [2.75, 3.05) is 19.0 Å². The molecule has 7 rings (SSSR count). The van der Waals surface area contributed by atoms with Crippen molar-refractivity contribution in [3.05, 3.63) is 132 Å². The van der Waals surface area contributed by atoms with Crippen molar-refractivity contribution in [3.63, 3.8) is 0 Å². The zero-order valence-corrected chi connectivity index (χ0v) is 24.0. The van der Waals surface area contributed by atoms with Crippen LogP contribution in [0.2, 0.25) is 0 Å². The number of anilines is 1. The molecular formula is C38H39N2+. The highest BCUT2D eigenvalue weighted by Gasteiger charge is 2.51. The van der Waals surface area contributed by atoms with Crippen LogP contribution in [0.5, 0.6) is 0 Å². The Hall–Kier alpha value is -3.91. The number of para-hydroxylation sites is 1. The molecule has 0 N–H and O–H groups in total. The topological polar surface area (TPSA) is 6.25 Å². The molecule has 0 aromatic heterocycles. The number of benzene rings is 4. The quantitative estimate of drug-likeness (QED) is 0.242. The predicted molar refractivity (Wildman–Crippen MR) is 169 cm³/mol. The molecule has 2 nitrogen and oxygen atoms in total. The molecular weight excluding hydrogens is 484 g/mol. The van der Waals surface area contributed by atoms with Gasteiger partial charge >= 0.3 is 0 Å². The Balaban J connectivity index is 1.32. The SMILES string of the molecule is CN1/C(=C\C=C\C2=[N+](C)c3ccc4ccccc4c3C23CCCCC3)C(C)(Cc2ccccc2)c2ccccc21. The Morgan fingerprint density at radius 1 is 0.825 bits per heavy atom. The number of rotatable bonds is 4. The molecule has 40 heavy (non-hydrogen) atoms. The molecule has 0 amide bonds. The maximum atomic E-state index is 2.48. The molecule has 4 aromatic rings. The van der Waals surface area contributed by atoms with Crippen LogP contribution in [-0.2, 0) is 17.3 Å². The summed E-state index contributed by atoms with van der Waals surface area (Å²) in [5, 5.41) is 2.78. The minimum atomic E-state index is -0.0923. The molecule has 200 valence electrons. The maximum Gasteiger partial charge on any atom is 0.210 e. The lowest BCUT2D eigenvalue weighted by molar-refractivity contribution is -0.401. The molecule has 0 bridgehead atoms. The number of allylic oxidation sites excluding steroid dienone is 4. The number of hydrogen-bond acceptors (Lipinski definition) is 1. The number of likely N-dealkylation sites (N-methyl/N-ethyl adjacent to an activating group) is 1. The second-order valence-corrected chi connectivity index (χ2v) is 12.2. The van der Waals surface area contributed by atoms with E-state index in [0.717, 1.165) is 6.42 Å². The summed E-state index contributed by atoms with van der Waals surface area (Å²) in [7, 11) is 4.51. The van der Waals surface area contributed by atoms with Gasteiger partial charge in [0.1, 0.15) is 7.05 Å². The smallest absolute Gasteiger partial charge is 0.210 e. The largest absolute Gasteiger partial charge is 0.347 e. The fourth-order valence-corrected chi connectivity index (χ4v) is 8.14. The molecule has 0 radical (unpaired) electrons. The second kappa shape index (κ2) is 9.63. The summed E-state index contributed by atoms with van der Waals surface area (Å²) in [6.07, 6.45) is 14.5. The summed E-state index contributed by atoms with van der Waals surface area (Å²) < 4.78 is 2.48. The zero-order valence-electron chi connectivity index (χ0n) is 24.0. The van der Waals surface area contributed by atoms with Gasteiger partial charge in [-0.1, -0.05) is 98.1 Å². The van der Waals surface area contributed by atoms with Crippen molar-refractivity contribution in [3.8, 4) is 0 Å². The minimum absolute atomic E-state index is 0.0923. The summed E-state index contributed by atoms with van der Waals surface area (Å²) in [5.41, 5.74) is 9.85. The maximum absolute atomic E-state index is 2.48. The van der Waals surface area contributed by atoms with E-state index in [2.05, 4.69) is 140 Å². The molecule has 1 aliphatic carbocycles. The van der Waals surface area contributed by atoms with E-state index in [1.807, 2.05) is 0 Å². The molecule has 1 saturated carbocycles. The fraction of sp³-hybridized carbons (Fsp3) is 0.289.